The molecule has 10 nitrogen and oxygen atoms in total. The summed E-state index contributed by atoms with van der Waals surface area (Å²) in [5, 5.41) is 15.6. The molecule has 0 bridgehead atoms. The summed E-state index contributed by atoms with van der Waals surface area (Å²) < 4.78 is 23.5. The number of methoxy groups -OCH3 is 2. The predicted molar refractivity (Wildman–Crippen MR) is 188 cm³/mol. The van der Waals surface area contributed by atoms with Gasteiger partial charge < -0.3 is 29.1 Å². The SMILES string of the molecule is COc1ccc(C(Cc2c(Cl)c[n+]([O-])cc2Cl)OC(=O)c2ccc(CNC(C)(C(=O)OC3CCN(C)CC3)c3ccccc3)s2)cc1OC. The zero-order valence-electron chi connectivity index (χ0n) is 27.7. The van der Waals surface area contributed by atoms with Crippen molar-refractivity contribution in [1.29, 1.82) is 0 Å². The first-order chi connectivity index (χ1) is 23.5. The first kappa shape index (κ1) is 36.4. The third kappa shape index (κ3) is 8.84. The highest BCUT2D eigenvalue weighted by molar-refractivity contribution is 7.13. The molecule has 0 amide bonds. The number of pyridine rings is 1. The summed E-state index contributed by atoms with van der Waals surface area (Å²) in [6, 6.07) is 18.2. The number of piperidine rings is 1. The molecule has 1 aliphatic heterocycles. The van der Waals surface area contributed by atoms with Crippen molar-refractivity contribution in [2.24, 2.45) is 0 Å². The molecule has 49 heavy (non-hydrogen) atoms. The van der Waals surface area contributed by atoms with Gasteiger partial charge in [-0.1, -0.05) is 59.6 Å². The fourth-order valence-electron chi connectivity index (χ4n) is 5.66. The van der Waals surface area contributed by atoms with Gasteiger partial charge in [-0.3, -0.25) is 5.32 Å². The van der Waals surface area contributed by atoms with Gasteiger partial charge in [-0.05, 0) is 62.2 Å². The van der Waals surface area contributed by atoms with Gasteiger partial charge in [-0.2, -0.15) is 4.73 Å². The van der Waals surface area contributed by atoms with Gasteiger partial charge in [0.1, 0.15) is 32.7 Å². The van der Waals surface area contributed by atoms with Gasteiger partial charge in [0, 0.05) is 36.5 Å². The molecule has 2 unspecified atom stereocenters. The van der Waals surface area contributed by atoms with Crippen LogP contribution in [0, 0.1) is 5.21 Å². The van der Waals surface area contributed by atoms with E-state index >= 15 is 0 Å². The average Bonchev–Trinajstić information content (AvgIpc) is 3.58. The second-order valence-electron chi connectivity index (χ2n) is 12.0. The quantitative estimate of drug-likeness (QED) is 0.0939. The minimum Gasteiger partial charge on any atom is -0.619 e. The van der Waals surface area contributed by atoms with Gasteiger partial charge in [0.15, 0.2) is 23.9 Å². The van der Waals surface area contributed by atoms with Crippen LogP contribution in [-0.4, -0.2) is 57.3 Å². The van der Waals surface area contributed by atoms with Crippen molar-refractivity contribution < 1.29 is 33.3 Å². The van der Waals surface area contributed by atoms with Gasteiger partial charge in [-0.25, -0.2) is 9.59 Å². The highest BCUT2D eigenvalue weighted by atomic mass is 35.5. The molecule has 4 aromatic rings. The number of carbonyl (C=O) groups is 2. The number of esters is 2. The number of halogens is 2. The first-order valence-corrected chi connectivity index (χ1v) is 17.4. The van der Waals surface area contributed by atoms with E-state index in [4.69, 9.17) is 42.1 Å². The monoisotopic (exact) mass is 727 g/mol. The number of likely N-dealkylation sites (tertiary alicyclic amines) is 1. The van der Waals surface area contributed by atoms with E-state index in [0.29, 0.717) is 38.8 Å². The molecule has 1 fully saturated rings. The predicted octanol–water partition coefficient (Wildman–Crippen LogP) is 6.49. The van der Waals surface area contributed by atoms with Gasteiger partial charge in [0.2, 0.25) is 0 Å². The molecule has 5 rings (SSSR count). The fraction of sp³-hybridized carbons (Fsp3) is 0.361. The van der Waals surface area contributed by atoms with Crippen molar-refractivity contribution in [2.75, 3.05) is 34.4 Å². The Labute approximate surface area is 300 Å². The van der Waals surface area contributed by atoms with E-state index in [2.05, 4.69) is 17.3 Å². The summed E-state index contributed by atoms with van der Waals surface area (Å²) in [6.07, 6.45) is 3.07. The number of carbonyl (C=O) groups excluding carboxylic acids is 2. The topological polar surface area (TPSA) is 113 Å². The molecular formula is C36H39Cl2N3O7S. The summed E-state index contributed by atoms with van der Waals surface area (Å²) in [5.74, 6) is 0.0464. The van der Waals surface area contributed by atoms with Gasteiger partial charge >= 0.3 is 11.9 Å². The molecule has 2 atom stereocenters. The van der Waals surface area contributed by atoms with E-state index in [1.807, 2.05) is 43.3 Å². The molecule has 3 heterocycles. The number of aromatic nitrogens is 1. The van der Waals surface area contributed by atoms with Gasteiger partial charge in [-0.15, -0.1) is 11.3 Å². The standard InChI is InChI=1S/C36H39Cl2N3O7S/c1-36(24-8-6-5-7-9-24,35(43)47-25-14-16-40(2)17-15-25)39-20-26-11-13-33(49-26)34(42)48-31(19-27-28(37)21-41(44)22-29(27)38)23-10-12-30(45-3)32(18-23)46-4/h5-13,18,21-22,25,31,39H,14-17,19-20H2,1-4H3. The minimum absolute atomic E-state index is 0.0916. The molecule has 2 aromatic heterocycles. The number of rotatable bonds is 13. The van der Waals surface area contributed by atoms with Gasteiger partial charge in [0.05, 0.1) is 14.2 Å². The smallest absolute Gasteiger partial charge is 0.348 e. The van der Waals surface area contributed by atoms with Crippen LogP contribution in [0.1, 0.15) is 57.1 Å². The molecule has 1 saturated heterocycles. The molecule has 2 aromatic carbocycles. The molecule has 260 valence electrons. The van der Waals surface area contributed by atoms with E-state index < -0.39 is 17.6 Å². The molecule has 0 saturated carbocycles. The maximum absolute atomic E-state index is 13.7. The Kier molecular flexibility index (Phi) is 12.1. The van der Waals surface area contributed by atoms with Crippen molar-refractivity contribution in [2.45, 2.75) is 50.5 Å². The zero-order valence-corrected chi connectivity index (χ0v) is 30.1. The Morgan fingerprint density at radius 1 is 1.02 bits per heavy atom. The normalized spacial score (nSPS) is 15.6. The van der Waals surface area contributed by atoms with E-state index in [9.17, 15) is 14.8 Å². The van der Waals surface area contributed by atoms with Crippen LogP contribution in [0.15, 0.2) is 73.1 Å². The van der Waals surface area contributed by atoms with Crippen molar-refractivity contribution >= 4 is 46.5 Å². The highest BCUT2D eigenvalue weighted by Crippen LogP contribution is 2.36. The lowest BCUT2D eigenvalue weighted by molar-refractivity contribution is -0.605. The van der Waals surface area contributed by atoms with Crippen LogP contribution in [0.2, 0.25) is 10.0 Å². The molecule has 13 heteroatoms. The van der Waals surface area contributed by atoms with Crippen molar-refractivity contribution in [3.05, 3.63) is 115 Å². The average molecular weight is 729 g/mol. The van der Waals surface area contributed by atoms with Crippen LogP contribution in [0.25, 0.3) is 0 Å². The Balaban J connectivity index is 1.34. The van der Waals surface area contributed by atoms with Crippen LogP contribution in [0.5, 0.6) is 11.5 Å². The largest absolute Gasteiger partial charge is 0.619 e. The van der Waals surface area contributed by atoms with Crippen LogP contribution >= 0.6 is 34.5 Å². The van der Waals surface area contributed by atoms with Crippen molar-refractivity contribution in [1.82, 2.24) is 10.2 Å². The van der Waals surface area contributed by atoms with E-state index in [1.165, 1.54) is 38.0 Å². The van der Waals surface area contributed by atoms with Crippen LogP contribution in [0.3, 0.4) is 0 Å². The number of nitrogens with zero attached hydrogens (tertiary/aromatic N) is 2. The fourth-order valence-corrected chi connectivity index (χ4v) is 7.09. The van der Waals surface area contributed by atoms with E-state index in [0.717, 1.165) is 36.4 Å². The Morgan fingerprint density at radius 3 is 2.35 bits per heavy atom. The van der Waals surface area contributed by atoms with Crippen LogP contribution in [0.4, 0.5) is 0 Å². The molecular weight excluding hydrogens is 689 g/mol. The second kappa shape index (κ2) is 16.2. The summed E-state index contributed by atoms with van der Waals surface area (Å²) in [4.78, 5) is 30.7. The van der Waals surface area contributed by atoms with Crippen LogP contribution in [-0.2, 0) is 32.8 Å². The summed E-state index contributed by atoms with van der Waals surface area (Å²) >= 11 is 14.0. The summed E-state index contributed by atoms with van der Waals surface area (Å²) in [7, 11) is 5.10. The van der Waals surface area contributed by atoms with E-state index in [-0.39, 0.29) is 28.5 Å². The number of hydrogen-bond acceptors (Lipinski definition) is 10. The Morgan fingerprint density at radius 2 is 1.69 bits per heavy atom. The van der Waals surface area contributed by atoms with Gasteiger partial charge in [0.25, 0.3) is 0 Å². The summed E-state index contributed by atoms with van der Waals surface area (Å²) in [6.45, 7) is 3.87. The highest BCUT2D eigenvalue weighted by Gasteiger charge is 2.38. The lowest BCUT2D eigenvalue weighted by Crippen LogP contribution is -2.49. The number of ether oxygens (including phenoxy) is 4. The number of hydrogen-bond donors (Lipinski definition) is 1. The molecule has 0 aliphatic carbocycles. The Hall–Kier alpha value is -3.87. The molecule has 1 aliphatic rings. The maximum atomic E-state index is 13.7. The van der Waals surface area contributed by atoms with Crippen molar-refractivity contribution in [3.63, 3.8) is 0 Å². The minimum atomic E-state index is -1.12. The third-order valence-electron chi connectivity index (χ3n) is 8.65. The molecule has 0 radical (unpaired) electrons. The molecule has 1 N–H and O–H groups in total. The molecule has 0 spiro atoms. The van der Waals surface area contributed by atoms with E-state index in [1.54, 1.807) is 24.3 Å². The third-order valence-corrected chi connectivity index (χ3v) is 10.4. The second-order valence-corrected chi connectivity index (χ2v) is 14.0. The Bertz CT molecular complexity index is 1740. The zero-order chi connectivity index (χ0) is 35.1. The summed E-state index contributed by atoms with van der Waals surface area (Å²) in [5.41, 5.74) is 0.718. The number of benzene rings is 2. The number of thiophene rings is 1. The maximum Gasteiger partial charge on any atom is 0.348 e. The van der Waals surface area contributed by atoms with Crippen molar-refractivity contribution in [3.8, 4) is 11.5 Å². The number of nitrogens with one attached hydrogen (secondary N) is 1. The van der Waals surface area contributed by atoms with Crippen LogP contribution < -0.4 is 19.5 Å². The lowest BCUT2D eigenvalue weighted by atomic mass is 9.91. The first-order valence-electron chi connectivity index (χ1n) is 15.8. The lowest BCUT2D eigenvalue weighted by Gasteiger charge is -2.34.